The third-order valence-electron chi connectivity index (χ3n) is 5.91. The van der Waals surface area contributed by atoms with Gasteiger partial charge < -0.3 is 20.3 Å². The van der Waals surface area contributed by atoms with Gasteiger partial charge in [-0.1, -0.05) is 59.6 Å². The van der Waals surface area contributed by atoms with Crippen molar-refractivity contribution in [3.8, 4) is 11.5 Å². The Labute approximate surface area is 233 Å². The van der Waals surface area contributed by atoms with Crippen molar-refractivity contribution in [2.24, 2.45) is 5.10 Å². The molecule has 38 heavy (non-hydrogen) atoms. The number of nitrogens with one attached hydrogen (secondary N) is 2. The van der Waals surface area contributed by atoms with Gasteiger partial charge in [0, 0.05) is 37.0 Å². The first-order chi connectivity index (χ1) is 18.4. The van der Waals surface area contributed by atoms with E-state index in [0.29, 0.717) is 24.6 Å². The van der Waals surface area contributed by atoms with Crippen molar-refractivity contribution in [2.45, 2.75) is 12.5 Å². The van der Waals surface area contributed by atoms with Crippen LogP contribution in [0.3, 0.4) is 0 Å². The van der Waals surface area contributed by atoms with Crippen molar-refractivity contribution in [2.75, 3.05) is 19.8 Å². The van der Waals surface area contributed by atoms with Crippen molar-refractivity contribution in [1.82, 2.24) is 10.7 Å². The maximum absolute atomic E-state index is 12.3. The average Bonchev–Trinajstić information content (AvgIpc) is 2.93. The van der Waals surface area contributed by atoms with Gasteiger partial charge in [-0.25, -0.2) is 5.43 Å². The smallest absolute Gasteiger partial charge is 0.271 e. The number of ether oxygens (including phenoxy) is 1. The van der Waals surface area contributed by atoms with Gasteiger partial charge in [0.1, 0.15) is 18.1 Å². The highest BCUT2D eigenvalue weighted by atomic mass is 35.5. The molecule has 0 spiro atoms. The highest BCUT2D eigenvalue weighted by Crippen LogP contribution is 2.28. The fourth-order valence-electron chi connectivity index (χ4n) is 3.94. The van der Waals surface area contributed by atoms with Crippen molar-refractivity contribution < 1.29 is 22.6 Å². The van der Waals surface area contributed by atoms with E-state index in [2.05, 4.69) is 15.8 Å². The minimum Gasteiger partial charge on any atom is -0.506 e. The second-order valence-electron chi connectivity index (χ2n) is 8.58. The van der Waals surface area contributed by atoms with E-state index in [0.717, 1.165) is 27.6 Å². The van der Waals surface area contributed by atoms with Crippen LogP contribution in [0.2, 0.25) is 10.0 Å². The minimum atomic E-state index is -0.447. The number of aliphatic hydroxyl groups excluding tert-OH is 1. The number of hydrazone groups is 1. The van der Waals surface area contributed by atoms with Crippen LogP contribution in [-0.2, 0) is 6.42 Å². The second kappa shape index (κ2) is 13.3. The third kappa shape index (κ3) is 7.24. The first-order valence-corrected chi connectivity index (χ1v) is 12.8. The SMILES string of the molecule is O=C(N/N=C/c1ccc(OCCNC(CO)Cc2ccc(Cl)cc2)c2ccccc12)c1ccc(O)c(Cl)c1.[HH].[HH]. The van der Waals surface area contributed by atoms with Crippen molar-refractivity contribution in [3.63, 3.8) is 0 Å². The summed E-state index contributed by atoms with van der Waals surface area (Å²) in [4.78, 5) is 12.3. The Morgan fingerprint density at radius 1 is 1.03 bits per heavy atom. The van der Waals surface area contributed by atoms with Gasteiger partial charge in [0.15, 0.2) is 0 Å². The third-order valence-corrected chi connectivity index (χ3v) is 6.46. The Bertz CT molecular complexity index is 1440. The molecular formula is C29H31Cl2N3O4. The number of hydrogen-bond donors (Lipinski definition) is 4. The lowest BCUT2D eigenvalue weighted by molar-refractivity contribution is 0.0955. The van der Waals surface area contributed by atoms with Gasteiger partial charge in [0.2, 0.25) is 0 Å². The molecule has 0 saturated carbocycles. The lowest BCUT2D eigenvalue weighted by atomic mass is 10.0. The number of amides is 1. The van der Waals surface area contributed by atoms with Crippen molar-refractivity contribution in [1.29, 1.82) is 0 Å². The van der Waals surface area contributed by atoms with Crippen LogP contribution < -0.4 is 15.5 Å². The van der Waals surface area contributed by atoms with E-state index in [9.17, 15) is 15.0 Å². The van der Waals surface area contributed by atoms with Gasteiger partial charge in [0.25, 0.3) is 5.91 Å². The van der Waals surface area contributed by atoms with Gasteiger partial charge in [-0.3, -0.25) is 4.79 Å². The molecule has 0 bridgehead atoms. The molecular weight excluding hydrogens is 525 g/mol. The molecule has 0 aliphatic rings. The molecule has 1 unspecified atom stereocenters. The summed E-state index contributed by atoms with van der Waals surface area (Å²) in [5.41, 5.74) is 4.65. The maximum Gasteiger partial charge on any atom is 0.271 e. The quantitative estimate of drug-likeness (QED) is 0.108. The fourth-order valence-corrected chi connectivity index (χ4v) is 4.24. The number of nitrogens with zero attached hydrogens (tertiary/aromatic N) is 1. The summed E-state index contributed by atoms with van der Waals surface area (Å²) >= 11 is 11.8. The Kier molecular flexibility index (Phi) is 9.56. The van der Waals surface area contributed by atoms with Gasteiger partial charge in [0.05, 0.1) is 17.8 Å². The van der Waals surface area contributed by atoms with Crippen LogP contribution in [0.4, 0.5) is 0 Å². The summed E-state index contributed by atoms with van der Waals surface area (Å²) in [6.07, 6.45) is 2.25. The molecule has 9 heteroatoms. The van der Waals surface area contributed by atoms with Crippen LogP contribution >= 0.6 is 23.2 Å². The topological polar surface area (TPSA) is 103 Å². The zero-order chi connectivity index (χ0) is 26.9. The van der Waals surface area contributed by atoms with E-state index in [1.165, 1.54) is 18.2 Å². The molecule has 0 heterocycles. The highest BCUT2D eigenvalue weighted by molar-refractivity contribution is 6.32. The Hall–Kier alpha value is -3.62. The van der Waals surface area contributed by atoms with Crippen LogP contribution in [0.25, 0.3) is 10.8 Å². The minimum absolute atomic E-state index is 0. The Morgan fingerprint density at radius 3 is 2.53 bits per heavy atom. The number of carbonyl (C=O) groups is 1. The molecule has 1 amide bonds. The van der Waals surface area contributed by atoms with Crippen molar-refractivity contribution in [3.05, 3.63) is 106 Å². The van der Waals surface area contributed by atoms with Gasteiger partial charge in [-0.2, -0.15) is 5.10 Å². The maximum atomic E-state index is 12.3. The molecule has 4 aromatic carbocycles. The zero-order valence-electron chi connectivity index (χ0n) is 20.4. The summed E-state index contributed by atoms with van der Waals surface area (Å²) in [6.45, 7) is 0.985. The molecule has 0 aliphatic heterocycles. The predicted molar refractivity (Wildman–Crippen MR) is 156 cm³/mol. The summed E-state index contributed by atoms with van der Waals surface area (Å²) in [5.74, 6) is 0.181. The zero-order valence-corrected chi connectivity index (χ0v) is 21.9. The van der Waals surface area contributed by atoms with E-state index in [1.54, 1.807) is 6.21 Å². The molecule has 200 valence electrons. The number of halogens is 2. The molecule has 0 radical (unpaired) electrons. The number of aliphatic hydroxyl groups is 1. The number of benzene rings is 4. The number of phenolic OH excluding ortho intramolecular Hbond substituents is 1. The molecule has 4 aromatic rings. The summed E-state index contributed by atoms with van der Waals surface area (Å²) < 4.78 is 6.05. The lowest BCUT2D eigenvalue weighted by Gasteiger charge is -2.17. The van der Waals surface area contributed by atoms with Crippen LogP contribution in [0, 0.1) is 0 Å². The summed E-state index contributed by atoms with van der Waals surface area (Å²) in [5, 5.41) is 29.3. The van der Waals surface area contributed by atoms with Crippen LogP contribution in [-0.4, -0.2) is 48.1 Å². The predicted octanol–water partition coefficient (Wildman–Crippen LogP) is 5.68. The number of aromatic hydroxyl groups is 1. The molecule has 0 aromatic heterocycles. The molecule has 4 rings (SSSR count). The molecule has 0 saturated heterocycles. The van der Waals surface area contributed by atoms with E-state index < -0.39 is 5.91 Å². The van der Waals surface area contributed by atoms with Gasteiger partial charge >= 0.3 is 0 Å². The number of fused-ring (bicyclic) bond motifs is 1. The van der Waals surface area contributed by atoms with Crippen LogP contribution in [0.15, 0.2) is 84.0 Å². The Morgan fingerprint density at radius 2 is 1.79 bits per heavy atom. The first kappa shape index (κ1) is 27.4. The van der Waals surface area contributed by atoms with E-state index in [-0.39, 0.29) is 31.8 Å². The highest BCUT2D eigenvalue weighted by Gasteiger charge is 2.10. The lowest BCUT2D eigenvalue weighted by Crippen LogP contribution is -2.37. The number of rotatable bonds is 11. The summed E-state index contributed by atoms with van der Waals surface area (Å²) in [6, 6.07) is 23.2. The second-order valence-corrected chi connectivity index (χ2v) is 9.42. The van der Waals surface area contributed by atoms with E-state index in [4.69, 9.17) is 27.9 Å². The van der Waals surface area contributed by atoms with Crippen molar-refractivity contribution >= 4 is 46.1 Å². The number of carbonyl (C=O) groups excluding carboxylic acids is 1. The number of phenols is 1. The average molecular weight is 556 g/mol. The summed E-state index contributed by atoms with van der Waals surface area (Å²) in [7, 11) is 0. The first-order valence-electron chi connectivity index (χ1n) is 12.0. The largest absolute Gasteiger partial charge is 0.506 e. The fraction of sp³-hybridized carbons (Fsp3) is 0.172. The van der Waals surface area contributed by atoms with Crippen LogP contribution in [0.5, 0.6) is 11.5 Å². The van der Waals surface area contributed by atoms with Gasteiger partial charge in [-0.15, -0.1) is 0 Å². The monoisotopic (exact) mass is 555 g/mol. The number of hydrogen-bond acceptors (Lipinski definition) is 6. The Balaban J connectivity index is 0.00000280. The molecule has 7 nitrogen and oxygen atoms in total. The standard InChI is InChI=1S/C29H27Cl2N3O4.2H2/c30-22-9-5-19(6-10-22)15-23(18-35)32-13-14-38-28-12-8-21(24-3-1-2-4-25(24)28)17-33-34-29(37)20-7-11-27(36)26(31)16-20;;/h1-12,16-17,23,32,35-36H,13-15,18H2,(H,34,37);2*1H/b33-17+;;. The van der Waals surface area contributed by atoms with E-state index >= 15 is 0 Å². The molecule has 0 fully saturated rings. The normalized spacial score (nSPS) is 12.1. The van der Waals surface area contributed by atoms with E-state index in [1.807, 2.05) is 60.7 Å². The molecule has 4 N–H and O–H groups in total. The molecule has 0 aliphatic carbocycles. The molecule has 1 atom stereocenters. The van der Waals surface area contributed by atoms with Crippen LogP contribution in [0.1, 0.15) is 24.3 Å². The van der Waals surface area contributed by atoms with Gasteiger partial charge in [-0.05, 0) is 59.8 Å².